The Morgan fingerprint density at radius 2 is 1.94 bits per heavy atom. The first-order chi connectivity index (χ1) is 8.75. The van der Waals surface area contributed by atoms with E-state index in [2.05, 4.69) is 20.9 Å². The number of halogens is 1. The lowest BCUT2D eigenvalue weighted by atomic mass is 10.2. The van der Waals surface area contributed by atoms with Gasteiger partial charge in [-0.1, -0.05) is 12.1 Å². The Bertz CT molecular complexity index is 690. The van der Waals surface area contributed by atoms with Crippen molar-refractivity contribution in [2.75, 3.05) is 0 Å². The number of aromatic hydroxyl groups is 1. The van der Waals surface area contributed by atoms with Gasteiger partial charge < -0.3 is 5.11 Å². The Morgan fingerprint density at radius 1 is 1.11 bits per heavy atom. The van der Waals surface area contributed by atoms with Crippen molar-refractivity contribution in [3.8, 4) is 26.9 Å². The van der Waals surface area contributed by atoms with Crippen molar-refractivity contribution >= 4 is 38.6 Å². The van der Waals surface area contributed by atoms with Gasteiger partial charge in [-0.25, -0.2) is 4.98 Å². The van der Waals surface area contributed by atoms with E-state index in [-0.39, 0.29) is 5.75 Å². The van der Waals surface area contributed by atoms with E-state index in [1.165, 1.54) is 11.3 Å². The molecule has 0 atom stereocenters. The number of phenolic OH excluding ortho intramolecular Hbond substituents is 1. The number of thiazole rings is 1. The lowest BCUT2D eigenvalue weighted by Gasteiger charge is -1.99. The third-order valence-corrected chi connectivity index (χ3v) is 5.22. The van der Waals surface area contributed by atoms with Crippen LogP contribution in [0.1, 0.15) is 0 Å². The second kappa shape index (κ2) is 4.84. The number of hydrogen-bond acceptors (Lipinski definition) is 4. The maximum Gasteiger partial charge on any atom is 0.127 e. The Hall–Kier alpha value is -1.17. The van der Waals surface area contributed by atoms with E-state index in [0.29, 0.717) is 0 Å². The van der Waals surface area contributed by atoms with Gasteiger partial charge >= 0.3 is 0 Å². The molecule has 0 bridgehead atoms. The predicted octanol–water partition coefficient (Wildman–Crippen LogP) is 5.01. The van der Waals surface area contributed by atoms with Gasteiger partial charge in [0.1, 0.15) is 10.8 Å². The van der Waals surface area contributed by atoms with E-state index < -0.39 is 0 Å². The number of benzene rings is 1. The number of aromatic nitrogens is 1. The topological polar surface area (TPSA) is 33.1 Å². The van der Waals surface area contributed by atoms with E-state index in [9.17, 15) is 5.11 Å². The summed E-state index contributed by atoms with van der Waals surface area (Å²) in [7, 11) is 0. The molecule has 0 aliphatic rings. The van der Waals surface area contributed by atoms with E-state index in [0.717, 1.165) is 25.6 Å². The van der Waals surface area contributed by atoms with Gasteiger partial charge in [0, 0.05) is 9.85 Å². The molecule has 90 valence electrons. The van der Waals surface area contributed by atoms with Crippen LogP contribution in [0.4, 0.5) is 0 Å². The molecule has 18 heavy (non-hydrogen) atoms. The minimum atomic E-state index is 0.267. The Morgan fingerprint density at radius 3 is 2.67 bits per heavy atom. The van der Waals surface area contributed by atoms with Crippen LogP contribution in [0, 0.1) is 0 Å². The van der Waals surface area contributed by atoms with Crippen LogP contribution in [-0.2, 0) is 0 Å². The third kappa shape index (κ3) is 2.09. The maximum absolute atomic E-state index is 9.82. The molecule has 2 heterocycles. The zero-order chi connectivity index (χ0) is 12.5. The quantitative estimate of drug-likeness (QED) is 0.713. The number of thiophene rings is 1. The van der Waals surface area contributed by atoms with Crippen molar-refractivity contribution in [3.05, 3.63) is 45.6 Å². The molecule has 0 fully saturated rings. The molecule has 0 amide bonds. The zero-order valence-corrected chi connectivity index (χ0v) is 12.3. The number of rotatable bonds is 2. The molecule has 1 N–H and O–H groups in total. The fraction of sp³-hybridized carbons (Fsp3) is 0. The summed E-state index contributed by atoms with van der Waals surface area (Å²) < 4.78 is 1.06. The van der Waals surface area contributed by atoms with Crippen LogP contribution in [0.15, 0.2) is 45.6 Å². The van der Waals surface area contributed by atoms with Crippen LogP contribution in [0.3, 0.4) is 0 Å². The van der Waals surface area contributed by atoms with E-state index >= 15 is 0 Å². The summed E-state index contributed by atoms with van der Waals surface area (Å²) in [5.74, 6) is 0.267. The fourth-order valence-corrected chi connectivity index (χ4v) is 4.09. The molecule has 0 aliphatic carbocycles. The standard InChI is InChI=1S/C13H8BrNOS2/c14-9-5-6-17-12(9)10-7-18-13(15-10)8-3-1-2-4-11(8)16/h1-7,16H. The van der Waals surface area contributed by atoms with Gasteiger partial charge in [-0.15, -0.1) is 22.7 Å². The summed E-state index contributed by atoms with van der Waals surface area (Å²) in [6.07, 6.45) is 0. The van der Waals surface area contributed by atoms with E-state index in [4.69, 9.17) is 0 Å². The van der Waals surface area contributed by atoms with Crippen LogP contribution in [0.5, 0.6) is 5.75 Å². The molecular formula is C13H8BrNOS2. The van der Waals surface area contributed by atoms with Crippen molar-refractivity contribution in [1.29, 1.82) is 0 Å². The molecule has 2 nitrogen and oxygen atoms in total. The molecule has 2 aromatic heterocycles. The third-order valence-electron chi connectivity index (χ3n) is 2.49. The van der Waals surface area contributed by atoms with Crippen LogP contribution in [-0.4, -0.2) is 10.1 Å². The van der Waals surface area contributed by atoms with Gasteiger partial charge in [0.05, 0.1) is 16.1 Å². The lowest BCUT2D eigenvalue weighted by molar-refractivity contribution is 0.477. The molecule has 3 aromatic rings. The summed E-state index contributed by atoms with van der Waals surface area (Å²) in [6, 6.07) is 9.28. The van der Waals surface area contributed by atoms with Gasteiger partial charge in [0.15, 0.2) is 0 Å². The van der Waals surface area contributed by atoms with Crippen LogP contribution >= 0.6 is 38.6 Å². The molecule has 0 radical (unpaired) electrons. The summed E-state index contributed by atoms with van der Waals surface area (Å²) in [6.45, 7) is 0. The van der Waals surface area contributed by atoms with Gasteiger partial charge in [-0.2, -0.15) is 0 Å². The second-order valence-corrected chi connectivity index (χ2v) is 6.28. The smallest absolute Gasteiger partial charge is 0.127 e. The highest BCUT2D eigenvalue weighted by Crippen LogP contribution is 2.38. The summed E-state index contributed by atoms with van der Waals surface area (Å²) >= 11 is 6.70. The summed E-state index contributed by atoms with van der Waals surface area (Å²) in [5.41, 5.74) is 1.72. The largest absolute Gasteiger partial charge is 0.507 e. The van der Waals surface area contributed by atoms with Gasteiger partial charge in [-0.05, 0) is 39.5 Å². The predicted molar refractivity (Wildman–Crippen MR) is 80.2 cm³/mol. The van der Waals surface area contributed by atoms with Gasteiger partial charge in [0.2, 0.25) is 0 Å². The zero-order valence-electron chi connectivity index (χ0n) is 9.13. The molecular weight excluding hydrogens is 330 g/mol. The van der Waals surface area contributed by atoms with Crippen molar-refractivity contribution in [1.82, 2.24) is 4.98 Å². The first-order valence-electron chi connectivity index (χ1n) is 5.23. The van der Waals surface area contributed by atoms with Crippen LogP contribution in [0.25, 0.3) is 21.1 Å². The average molecular weight is 338 g/mol. The maximum atomic E-state index is 9.82. The highest BCUT2D eigenvalue weighted by Gasteiger charge is 2.12. The summed E-state index contributed by atoms with van der Waals surface area (Å²) in [5, 5.41) is 14.7. The van der Waals surface area contributed by atoms with Crippen molar-refractivity contribution < 1.29 is 5.11 Å². The van der Waals surface area contributed by atoms with Crippen molar-refractivity contribution in [2.45, 2.75) is 0 Å². The van der Waals surface area contributed by atoms with Gasteiger partial charge in [0.25, 0.3) is 0 Å². The highest BCUT2D eigenvalue weighted by molar-refractivity contribution is 9.10. The molecule has 5 heteroatoms. The average Bonchev–Trinajstić information content (AvgIpc) is 2.98. The van der Waals surface area contributed by atoms with E-state index in [1.54, 1.807) is 17.4 Å². The first kappa shape index (κ1) is 11.9. The molecule has 0 saturated carbocycles. The van der Waals surface area contributed by atoms with E-state index in [1.807, 2.05) is 35.0 Å². The summed E-state index contributed by atoms with van der Waals surface area (Å²) in [4.78, 5) is 5.70. The highest BCUT2D eigenvalue weighted by atomic mass is 79.9. The Kier molecular flexibility index (Phi) is 3.20. The number of hydrogen-bond donors (Lipinski definition) is 1. The van der Waals surface area contributed by atoms with Crippen molar-refractivity contribution in [3.63, 3.8) is 0 Å². The van der Waals surface area contributed by atoms with Crippen LogP contribution < -0.4 is 0 Å². The van der Waals surface area contributed by atoms with Crippen molar-refractivity contribution in [2.24, 2.45) is 0 Å². The first-order valence-corrected chi connectivity index (χ1v) is 7.78. The molecule has 3 rings (SSSR count). The SMILES string of the molecule is Oc1ccccc1-c1nc(-c2sccc2Br)cs1. The molecule has 1 aromatic carbocycles. The molecule has 0 unspecified atom stereocenters. The fourth-order valence-electron chi connectivity index (χ4n) is 1.63. The normalized spacial score (nSPS) is 10.7. The molecule has 0 spiro atoms. The second-order valence-electron chi connectivity index (χ2n) is 3.65. The minimum absolute atomic E-state index is 0.267. The minimum Gasteiger partial charge on any atom is -0.507 e. The Balaban J connectivity index is 2.05. The van der Waals surface area contributed by atoms with Gasteiger partial charge in [-0.3, -0.25) is 0 Å². The molecule has 0 saturated heterocycles. The monoisotopic (exact) mass is 337 g/mol. The Labute approximate surface area is 121 Å². The number of para-hydroxylation sites is 1. The number of phenols is 1. The lowest BCUT2D eigenvalue weighted by Crippen LogP contribution is -1.78. The molecule has 0 aliphatic heterocycles. The van der Waals surface area contributed by atoms with Crippen LogP contribution in [0.2, 0.25) is 0 Å². The number of nitrogens with zero attached hydrogens (tertiary/aromatic N) is 1.